The van der Waals surface area contributed by atoms with E-state index in [1.54, 1.807) is 14.1 Å². The topological polar surface area (TPSA) is 40.5 Å². The van der Waals surface area contributed by atoms with Crippen molar-refractivity contribution in [3.8, 4) is 0 Å². The molecule has 0 saturated heterocycles. The molecule has 1 N–H and O–H groups in total. The number of carbonyl (C=O) groups excluding carboxylic acids is 1. The molecule has 16 heavy (non-hydrogen) atoms. The lowest BCUT2D eigenvalue weighted by Crippen LogP contribution is -2.23. The lowest BCUT2D eigenvalue weighted by Gasteiger charge is -2.14. The average Bonchev–Trinajstić information content (AvgIpc) is 2.18. The highest BCUT2D eigenvalue weighted by molar-refractivity contribution is 5.85. The fourth-order valence-electron chi connectivity index (χ4n) is 1.15. The van der Waals surface area contributed by atoms with Crippen LogP contribution in [0.25, 0.3) is 0 Å². The fraction of sp³-hybridized carbons (Fsp3) is 0.364. The summed E-state index contributed by atoms with van der Waals surface area (Å²) in [6, 6.07) is 5.48. The van der Waals surface area contributed by atoms with E-state index in [2.05, 4.69) is 0 Å². The van der Waals surface area contributed by atoms with Crippen LogP contribution in [0.15, 0.2) is 24.3 Å². The van der Waals surface area contributed by atoms with Gasteiger partial charge in [0, 0.05) is 14.1 Å². The number of hydrogen-bond acceptors (Lipinski definition) is 2. The van der Waals surface area contributed by atoms with Gasteiger partial charge in [0.2, 0.25) is 5.91 Å². The summed E-state index contributed by atoms with van der Waals surface area (Å²) in [5.41, 5.74) is 0.548. The first kappa shape index (κ1) is 14.9. The Morgan fingerprint density at radius 2 is 1.88 bits per heavy atom. The molecule has 0 aliphatic carbocycles. The molecule has 0 bridgehead atoms. The predicted octanol–water partition coefficient (Wildman–Crippen LogP) is 1.76. The van der Waals surface area contributed by atoms with Crippen molar-refractivity contribution in [1.82, 2.24) is 4.90 Å². The molecular formula is C11H15ClFNO2. The molecule has 0 aliphatic heterocycles. The minimum Gasteiger partial charge on any atom is -0.388 e. The third-order valence-corrected chi connectivity index (χ3v) is 2.12. The Morgan fingerprint density at radius 3 is 2.31 bits per heavy atom. The zero-order valence-corrected chi connectivity index (χ0v) is 10.00. The highest BCUT2D eigenvalue weighted by Crippen LogP contribution is 2.17. The Kier molecular flexibility index (Phi) is 6.00. The summed E-state index contributed by atoms with van der Waals surface area (Å²) >= 11 is 0. The zero-order chi connectivity index (χ0) is 11.4. The van der Waals surface area contributed by atoms with Crippen LogP contribution in [0, 0.1) is 5.82 Å². The summed E-state index contributed by atoms with van der Waals surface area (Å²) in [6.45, 7) is 0. The second-order valence-corrected chi connectivity index (χ2v) is 3.56. The van der Waals surface area contributed by atoms with E-state index < -0.39 is 6.10 Å². The minimum atomic E-state index is -0.875. The fourth-order valence-corrected chi connectivity index (χ4v) is 1.15. The maximum Gasteiger partial charge on any atom is 0.225 e. The number of amides is 1. The van der Waals surface area contributed by atoms with E-state index in [4.69, 9.17) is 0 Å². The molecule has 0 fully saturated rings. The van der Waals surface area contributed by atoms with Gasteiger partial charge in [-0.05, 0) is 17.7 Å². The van der Waals surface area contributed by atoms with Crippen LogP contribution in [-0.2, 0) is 4.79 Å². The summed E-state index contributed by atoms with van der Waals surface area (Å²) < 4.78 is 12.6. The molecular weight excluding hydrogens is 233 g/mol. The zero-order valence-electron chi connectivity index (χ0n) is 9.18. The summed E-state index contributed by atoms with van der Waals surface area (Å²) in [5, 5.41) is 9.66. The van der Waals surface area contributed by atoms with Gasteiger partial charge in [-0.3, -0.25) is 4.79 Å². The van der Waals surface area contributed by atoms with Gasteiger partial charge in [0.1, 0.15) is 5.82 Å². The average molecular weight is 248 g/mol. The van der Waals surface area contributed by atoms with Gasteiger partial charge in [-0.15, -0.1) is 12.4 Å². The maximum atomic E-state index is 12.6. The molecule has 1 aromatic rings. The van der Waals surface area contributed by atoms with Gasteiger partial charge in [0.05, 0.1) is 12.5 Å². The molecule has 1 atom stereocenters. The molecule has 1 aromatic carbocycles. The molecule has 1 unspecified atom stereocenters. The summed E-state index contributed by atoms with van der Waals surface area (Å²) in [4.78, 5) is 12.7. The standard InChI is InChI=1S/C11H14FNO2.ClH/c1-13(2)11(15)7-10(14)8-3-5-9(12)6-4-8;/h3-6,10,14H,7H2,1-2H3;1H. The number of halogens is 2. The van der Waals surface area contributed by atoms with Gasteiger partial charge in [0.15, 0.2) is 0 Å². The van der Waals surface area contributed by atoms with E-state index in [1.807, 2.05) is 0 Å². The number of benzene rings is 1. The summed E-state index contributed by atoms with van der Waals surface area (Å²) in [7, 11) is 3.25. The number of carbonyl (C=O) groups is 1. The quantitative estimate of drug-likeness (QED) is 0.884. The van der Waals surface area contributed by atoms with Crippen molar-refractivity contribution >= 4 is 18.3 Å². The Labute approximate surface area is 100 Å². The van der Waals surface area contributed by atoms with E-state index in [0.717, 1.165) is 0 Å². The molecule has 1 amide bonds. The number of aliphatic hydroxyl groups is 1. The summed E-state index contributed by atoms with van der Waals surface area (Å²) in [6.07, 6.45) is -0.862. The SMILES string of the molecule is CN(C)C(=O)CC(O)c1ccc(F)cc1.Cl. The van der Waals surface area contributed by atoms with E-state index in [9.17, 15) is 14.3 Å². The van der Waals surface area contributed by atoms with Gasteiger partial charge in [0.25, 0.3) is 0 Å². The normalized spacial score (nSPS) is 11.5. The lowest BCUT2D eigenvalue weighted by atomic mass is 10.1. The van der Waals surface area contributed by atoms with Crippen LogP contribution in [0.2, 0.25) is 0 Å². The monoisotopic (exact) mass is 247 g/mol. The van der Waals surface area contributed by atoms with Gasteiger partial charge >= 0.3 is 0 Å². The third kappa shape index (κ3) is 4.16. The number of hydrogen-bond donors (Lipinski definition) is 1. The Morgan fingerprint density at radius 1 is 1.38 bits per heavy atom. The van der Waals surface area contributed by atoms with Crippen molar-refractivity contribution in [3.05, 3.63) is 35.6 Å². The number of rotatable bonds is 3. The molecule has 0 radical (unpaired) electrons. The first-order valence-electron chi connectivity index (χ1n) is 4.64. The van der Waals surface area contributed by atoms with Gasteiger partial charge < -0.3 is 10.0 Å². The van der Waals surface area contributed by atoms with Crippen LogP contribution in [0.4, 0.5) is 4.39 Å². The van der Waals surface area contributed by atoms with Crippen molar-refractivity contribution in [2.24, 2.45) is 0 Å². The van der Waals surface area contributed by atoms with Gasteiger partial charge in [-0.25, -0.2) is 4.39 Å². The first-order chi connectivity index (χ1) is 7.00. The molecule has 0 aliphatic rings. The summed E-state index contributed by atoms with van der Waals surface area (Å²) in [5.74, 6) is -0.517. The third-order valence-electron chi connectivity index (χ3n) is 2.12. The van der Waals surface area contributed by atoms with Crippen LogP contribution < -0.4 is 0 Å². The molecule has 0 aromatic heterocycles. The largest absolute Gasteiger partial charge is 0.388 e. The van der Waals surface area contributed by atoms with Crippen molar-refractivity contribution in [3.63, 3.8) is 0 Å². The van der Waals surface area contributed by atoms with E-state index in [0.29, 0.717) is 5.56 Å². The second-order valence-electron chi connectivity index (χ2n) is 3.56. The number of nitrogens with zero attached hydrogens (tertiary/aromatic N) is 1. The minimum absolute atomic E-state index is 0. The molecule has 0 heterocycles. The Bertz CT molecular complexity index is 340. The molecule has 90 valence electrons. The van der Waals surface area contributed by atoms with Crippen molar-refractivity contribution < 1.29 is 14.3 Å². The highest BCUT2D eigenvalue weighted by Gasteiger charge is 2.14. The Balaban J connectivity index is 0.00000225. The number of aliphatic hydroxyl groups excluding tert-OH is 1. The lowest BCUT2D eigenvalue weighted by molar-refractivity contribution is -0.130. The van der Waals surface area contributed by atoms with Gasteiger partial charge in [-0.1, -0.05) is 12.1 Å². The van der Waals surface area contributed by atoms with Crippen LogP contribution in [-0.4, -0.2) is 30.0 Å². The maximum absolute atomic E-state index is 12.6. The molecule has 0 saturated carbocycles. The molecule has 5 heteroatoms. The second kappa shape index (κ2) is 6.45. The van der Waals surface area contributed by atoms with Crippen LogP contribution >= 0.6 is 12.4 Å². The molecule has 3 nitrogen and oxygen atoms in total. The van der Waals surface area contributed by atoms with E-state index >= 15 is 0 Å². The van der Waals surface area contributed by atoms with E-state index in [-0.39, 0.29) is 30.6 Å². The molecule has 1 rings (SSSR count). The van der Waals surface area contributed by atoms with Gasteiger partial charge in [-0.2, -0.15) is 0 Å². The van der Waals surface area contributed by atoms with Crippen molar-refractivity contribution in [1.29, 1.82) is 0 Å². The Hall–Kier alpha value is -1.13. The van der Waals surface area contributed by atoms with Crippen molar-refractivity contribution in [2.45, 2.75) is 12.5 Å². The van der Waals surface area contributed by atoms with Crippen LogP contribution in [0.3, 0.4) is 0 Å². The van der Waals surface area contributed by atoms with Crippen molar-refractivity contribution in [2.75, 3.05) is 14.1 Å². The highest BCUT2D eigenvalue weighted by atomic mass is 35.5. The van der Waals surface area contributed by atoms with Crippen LogP contribution in [0.1, 0.15) is 18.1 Å². The van der Waals surface area contributed by atoms with E-state index in [1.165, 1.54) is 29.2 Å². The first-order valence-corrected chi connectivity index (χ1v) is 4.64. The predicted molar refractivity (Wildman–Crippen MR) is 61.9 cm³/mol. The van der Waals surface area contributed by atoms with Crippen LogP contribution in [0.5, 0.6) is 0 Å². The smallest absolute Gasteiger partial charge is 0.225 e. The molecule has 0 spiro atoms.